The fourth-order valence-corrected chi connectivity index (χ4v) is 4.33. The van der Waals surface area contributed by atoms with Gasteiger partial charge in [0.05, 0.1) is 17.6 Å². The van der Waals surface area contributed by atoms with E-state index in [2.05, 4.69) is 21.4 Å². The zero-order valence-corrected chi connectivity index (χ0v) is 16.5. The molecule has 7 heteroatoms. The first-order chi connectivity index (χ1) is 13.6. The molecule has 3 amide bonds. The number of rotatable bonds is 5. The molecule has 0 aliphatic carbocycles. The standard InChI is InChI=1S/C21H29N5O2/c1-15-7-8-17-18(13-15)24-19(23-17)14-22-21(28)26-11-3-2-5-16(26)9-12-25-10-4-6-20(25)27/h7-8,13,16H,2-6,9-12,14H2,1H3,(H,22,28)(H,23,24). The second-order valence-electron chi connectivity index (χ2n) is 7.98. The monoisotopic (exact) mass is 383 g/mol. The number of carbonyl (C=O) groups excluding carboxylic acids is 2. The van der Waals surface area contributed by atoms with Crippen LogP contribution in [0, 0.1) is 6.92 Å². The lowest BCUT2D eigenvalue weighted by Crippen LogP contribution is -2.49. The molecule has 2 aliphatic heterocycles. The van der Waals surface area contributed by atoms with Crippen LogP contribution in [0.2, 0.25) is 0 Å². The van der Waals surface area contributed by atoms with Crippen LogP contribution in [0.4, 0.5) is 4.79 Å². The number of urea groups is 1. The van der Waals surface area contributed by atoms with E-state index in [1.165, 1.54) is 5.56 Å². The number of benzene rings is 1. The van der Waals surface area contributed by atoms with Gasteiger partial charge in [-0.1, -0.05) is 6.07 Å². The normalized spacial score (nSPS) is 20.2. The molecule has 0 saturated carbocycles. The molecule has 1 aromatic heterocycles. The Morgan fingerprint density at radius 1 is 1.29 bits per heavy atom. The highest BCUT2D eigenvalue weighted by Crippen LogP contribution is 2.21. The van der Waals surface area contributed by atoms with E-state index in [1.54, 1.807) is 0 Å². The van der Waals surface area contributed by atoms with Crippen LogP contribution in [-0.4, -0.2) is 57.4 Å². The van der Waals surface area contributed by atoms with Crippen molar-refractivity contribution in [3.05, 3.63) is 29.6 Å². The van der Waals surface area contributed by atoms with Crippen molar-refractivity contribution >= 4 is 23.0 Å². The number of H-pyrrole nitrogens is 1. The lowest BCUT2D eigenvalue weighted by Gasteiger charge is -2.36. The Hall–Kier alpha value is -2.57. The quantitative estimate of drug-likeness (QED) is 0.833. The maximum absolute atomic E-state index is 12.8. The van der Waals surface area contributed by atoms with Gasteiger partial charge in [0.25, 0.3) is 0 Å². The second kappa shape index (κ2) is 8.20. The summed E-state index contributed by atoms with van der Waals surface area (Å²) < 4.78 is 0. The van der Waals surface area contributed by atoms with E-state index >= 15 is 0 Å². The predicted molar refractivity (Wildman–Crippen MR) is 108 cm³/mol. The molecular formula is C21H29N5O2. The third-order valence-corrected chi connectivity index (χ3v) is 5.89. The number of carbonyl (C=O) groups is 2. The highest BCUT2D eigenvalue weighted by molar-refractivity contribution is 5.78. The van der Waals surface area contributed by atoms with Gasteiger partial charge in [0.15, 0.2) is 0 Å². The van der Waals surface area contributed by atoms with E-state index in [-0.39, 0.29) is 18.0 Å². The van der Waals surface area contributed by atoms with Crippen LogP contribution in [0.25, 0.3) is 11.0 Å². The molecule has 1 unspecified atom stereocenters. The number of piperidine rings is 1. The minimum absolute atomic E-state index is 0.0333. The molecule has 0 bridgehead atoms. The Labute approximate surface area is 165 Å². The van der Waals surface area contributed by atoms with Crippen LogP contribution in [0.3, 0.4) is 0 Å². The number of hydrogen-bond acceptors (Lipinski definition) is 3. The van der Waals surface area contributed by atoms with Crippen molar-refractivity contribution in [2.45, 2.75) is 58.0 Å². The summed E-state index contributed by atoms with van der Waals surface area (Å²) in [5.41, 5.74) is 3.09. The first-order valence-corrected chi connectivity index (χ1v) is 10.4. The number of nitrogens with zero attached hydrogens (tertiary/aromatic N) is 3. The summed E-state index contributed by atoms with van der Waals surface area (Å²) in [6.45, 7) is 4.84. The second-order valence-corrected chi connectivity index (χ2v) is 7.98. The summed E-state index contributed by atoms with van der Waals surface area (Å²) in [4.78, 5) is 36.4. The number of aryl methyl sites for hydroxylation is 1. The van der Waals surface area contributed by atoms with Gasteiger partial charge in [0.2, 0.25) is 5.91 Å². The number of likely N-dealkylation sites (tertiary alicyclic amines) is 2. The Morgan fingerprint density at radius 3 is 3.00 bits per heavy atom. The van der Waals surface area contributed by atoms with Gasteiger partial charge in [-0.15, -0.1) is 0 Å². The van der Waals surface area contributed by atoms with Crippen LogP contribution >= 0.6 is 0 Å². The van der Waals surface area contributed by atoms with Crippen molar-refractivity contribution < 1.29 is 9.59 Å². The largest absolute Gasteiger partial charge is 0.343 e. The molecular weight excluding hydrogens is 354 g/mol. The number of nitrogens with one attached hydrogen (secondary N) is 2. The average molecular weight is 383 g/mol. The van der Waals surface area contributed by atoms with E-state index < -0.39 is 0 Å². The molecule has 2 saturated heterocycles. The van der Waals surface area contributed by atoms with Gasteiger partial charge in [-0.2, -0.15) is 0 Å². The molecule has 1 atom stereocenters. The first kappa shape index (κ1) is 18.8. The number of amides is 3. The van der Waals surface area contributed by atoms with Crippen molar-refractivity contribution in [3.8, 4) is 0 Å². The number of fused-ring (bicyclic) bond motifs is 1. The summed E-state index contributed by atoms with van der Waals surface area (Å²) in [7, 11) is 0. The molecule has 4 rings (SSSR count). The highest BCUT2D eigenvalue weighted by atomic mass is 16.2. The van der Waals surface area contributed by atoms with Crippen molar-refractivity contribution in [1.29, 1.82) is 0 Å². The van der Waals surface area contributed by atoms with E-state index in [9.17, 15) is 9.59 Å². The summed E-state index contributed by atoms with van der Waals surface area (Å²) >= 11 is 0. The molecule has 2 fully saturated rings. The van der Waals surface area contributed by atoms with Crippen LogP contribution in [0.1, 0.15) is 49.9 Å². The topological polar surface area (TPSA) is 81.3 Å². The van der Waals surface area contributed by atoms with E-state index in [4.69, 9.17) is 0 Å². The third kappa shape index (κ3) is 4.13. The van der Waals surface area contributed by atoms with Gasteiger partial charge in [0.1, 0.15) is 5.82 Å². The van der Waals surface area contributed by atoms with E-state index in [0.717, 1.165) is 68.6 Å². The fraction of sp³-hybridized carbons (Fsp3) is 0.571. The van der Waals surface area contributed by atoms with Crippen molar-refractivity contribution in [1.82, 2.24) is 25.1 Å². The molecule has 7 nitrogen and oxygen atoms in total. The zero-order valence-electron chi connectivity index (χ0n) is 16.5. The molecule has 2 aliphatic rings. The van der Waals surface area contributed by atoms with Crippen molar-refractivity contribution in [2.75, 3.05) is 19.6 Å². The molecule has 3 heterocycles. The lowest BCUT2D eigenvalue weighted by atomic mass is 9.99. The zero-order chi connectivity index (χ0) is 19.5. The lowest BCUT2D eigenvalue weighted by molar-refractivity contribution is -0.127. The Morgan fingerprint density at radius 2 is 2.18 bits per heavy atom. The third-order valence-electron chi connectivity index (χ3n) is 5.89. The van der Waals surface area contributed by atoms with Gasteiger partial charge in [-0.05, 0) is 56.7 Å². The van der Waals surface area contributed by atoms with Gasteiger partial charge in [0, 0.05) is 32.1 Å². The summed E-state index contributed by atoms with van der Waals surface area (Å²) in [5, 5.41) is 3.02. The minimum atomic E-state index is -0.0333. The van der Waals surface area contributed by atoms with E-state index in [0.29, 0.717) is 13.0 Å². The Bertz CT molecular complexity index is 862. The minimum Gasteiger partial charge on any atom is -0.343 e. The molecule has 28 heavy (non-hydrogen) atoms. The summed E-state index contributed by atoms with van der Waals surface area (Å²) in [5.74, 6) is 1.03. The maximum Gasteiger partial charge on any atom is 0.318 e. The van der Waals surface area contributed by atoms with Gasteiger partial charge in [-0.25, -0.2) is 9.78 Å². The van der Waals surface area contributed by atoms with Gasteiger partial charge < -0.3 is 20.1 Å². The number of aromatic amines is 1. The predicted octanol–water partition coefficient (Wildman–Crippen LogP) is 2.95. The highest BCUT2D eigenvalue weighted by Gasteiger charge is 2.28. The SMILES string of the molecule is Cc1ccc2nc(CNC(=O)N3CCCCC3CCN3CCCC3=O)[nH]c2c1. The van der Waals surface area contributed by atoms with Crippen LogP contribution in [-0.2, 0) is 11.3 Å². The molecule has 0 spiro atoms. The molecule has 150 valence electrons. The molecule has 2 N–H and O–H groups in total. The van der Waals surface area contributed by atoms with Crippen molar-refractivity contribution in [2.24, 2.45) is 0 Å². The Balaban J connectivity index is 1.34. The first-order valence-electron chi connectivity index (χ1n) is 10.4. The smallest absolute Gasteiger partial charge is 0.318 e. The van der Waals surface area contributed by atoms with Gasteiger partial charge >= 0.3 is 6.03 Å². The number of hydrogen-bond donors (Lipinski definition) is 2. The molecule has 1 aromatic carbocycles. The molecule has 2 aromatic rings. The summed E-state index contributed by atoms with van der Waals surface area (Å²) in [6, 6.07) is 6.27. The number of aromatic nitrogens is 2. The maximum atomic E-state index is 12.8. The van der Waals surface area contributed by atoms with Gasteiger partial charge in [-0.3, -0.25) is 4.79 Å². The number of imidazole rings is 1. The van der Waals surface area contributed by atoms with Crippen LogP contribution < -0.4 is 5.32 Å². The van der Waals surface area contributed by atoms with Crippen LogP contribution in [0.5, 0.6) is 0 Å². The Kier molecular flexibility index (Phi) is 5.50. The van der Waals surface area contributed by atoms with Crippen molar-refractivity contribution in [3.63, 3.8) is 0 Å². The molecule has 0 radical (unpaired) electrons. The average Bonchev–Trinajstić information content (AvgIpc) is 3.29. The summed E-state index contributed by atoms with van der Waals surface area (Å²) in [6.07, 6.45) is 5.70. The van der Waals surface area contributed by atoms with Crippen LogP contribution in [0.15, 0.2) is 18.2 Å². The van der Waals surface area contributed by atoms with E-state index in [1.807, 2.05) is 28.9 Å². The fourth-order valence-electron chi connectivity index (χ4n) is 4.33.